The van der Waals surface area contributed by atoms with Crippen LogP contribution in [0.1, 0.15) is 28.4 Å². The Morgan fingerprint density at radius 1 is 1.26 bits per heavy atom. The fourth-order valence-corrected chi connectivity index (χ4v) is 3.71. The molecule has 1 aliphatic heterocycles. The SMILES string of the molecule is CC#Cc1ccc(C(=O)OC)c2c1cnn2C1(c2ccc(Br)cc2)COC1. The molecule has 5 nitrogen and oxygen atoms in total. The van der Waals surface area contributed by atoms with Crippen LogP contribution in [0.5, 0.6) is 0 Å². The fraction of sp³-hybridized carbons (Fsp3) is 0.238. The van der Waals surface area contributed by atoms with Gasteiger partial charge in [0.1, 0.15) is 5.54 Å². The van der Waals surface area contributed by atoms with Gasteiger partial charge >= 0.3 is 5.97 Å². The number of fused-ring (bicyclic) bond motifs is 1. The van der Waals surface area contributed by atoms with Crippen LogP contribution >= 0.6 is 15.9 Å². The van der Waals surface area contributed by atoms with Gasteiger partial charge < -0.3 is 9.47 Å². The van der Waals surface area contributed by atoms with Gasteiger partial charge in [0.2, 0.25) is 0 Å². The van der Waals surface area contributed by atoms with E-state index >= 15 is 0 Å². The number of hydrogen-bond acceptors (Lipinski definition) is 4. The van der Waals surface area contributed by atoms with Crippen LogP contribution in [0.2, 0.25) is 0 Å². The van der Waals surface area contributed by atoms with Crippen LogP contribution in [0, 0.1) is 11.8 Å². The van der Waals surface area contributed by atoms with Crippen molar-refractivity contribution in [3.05, 3.63) is 63.8 Å². The van der Waals surface area contributed by atoms with E-state index in [4.69, 9.17) is 9.47 Å². The van der Waals surface area contributed by atoms with Crippen LogP contribution in [-0.2, 0) is 15.0 Å². The average Bonchev–Trinajstić information content (AvgIpc) is 3.08. The van der Waals surface area contributed by atoms with Crippen LogP contribution in [0.15, 0.2) is 47.1 Å². The highest BCUT2D eigenvalue weighted by molar-refractivity contribution is 9.10. The van der Waals surface area contributed by atoms with E-state index in [2.05, 4.69) is 32.9 Å². The second kappa shape index (κ2) is 6.84. The Bertz CT molecular complexity index is 1090. The summed E-state index contributed by atoms with van der Waals surface area (Å²) < 4.78 is 13.5. The highest BCUT2D eigenvalue weighted by Crippen LogP contribution is 2.38. The first-order chi connectivity index (χ1) is 13.1. The molecule has 1 aromatic heterocycles. The lowest BCUT2D eigenvalue weighted by Gasteiger charge is -2.42. The minimum Gasteiger partial charge on any atom is -0.465 e. The molecule has 27 heavy (non-hydrogen) atoms. The molecule has 0 unspecified atom stereocenters. The number of carbonyl (C=O) groups is 1. The summed E-state index contributed by atoms with van der Waals surface area (Å²) in [6.45, 7) is 2.75. The van der Waals surface area contributed by atoms with Crippen molar-refractivity contribution < 1.29 is 14.3 Å². The summed E-state index contributed by atoms with van der Waals surface area (Å²) >= 11 is 3.48. The third-order valence-corrected chi connectivity index (χ3v) is 5.39. The lowest BCUT2D eigenvalue weighted by atomic mass is 9.87. The molecule has 0 spiro atoms. The predicted molar refractivity (Wildman–Crippen MR) is 106 cm³/mol. The summed E-state index contributed by atoms with van der Waals surface area (Å²) in [5, 5.41) is 5.49. The molecule has 0 saturated carbocycles. The molecule has 0 N–H and O–H groups in total. The van der Waals surface area contributed by atoms with Crippen molar-refractivity contribution in [1.82, 2.24) is 9.78 Å². The maximum Gasteiger partial charge on any atom is 0.340 e. The minimum atomic E-state index is -0.469. The fourth-order valence-electron chi connectivity index (χ4n) is 3.45. The molecule has 0 bridgehead atoms. The van der Waals surface area contributed by atoms with Gasteiger partial charge in [-0.05, 0) is 36.8 Å². The highest BCUT2D eigenvalue weighted by Gasteiger charge is 2.44. The molecule has 0 radical (unpaired) electrons. The third kappa shape index (κ3) is 2.75. The van der Waals surface area contributed by atoms with Crippen molar-refractivity contribution in [3.8, 4) is 11.8 Å². The Morgan fingerprint density at radius 2 is 2.00 bits per heavy atom. The topological polar surface area (TPSA) is 53.3 Å². The lowest BCUT2D eigenvalue weighted by molar-refractivity contribution is -0.0800. The van der Waals surface area contributed by atoms with Crippen LogP contribution < -0.4 is 0 Å². The first-order valence-corrected chi connectivity index (χ1v) is 9.26. The molecular formula is C21H17BrN2O3. The Kier molecular flexibility index (Phi) is 4.50. The van der Waals surface area contributed by atoms with Gasteiger partial charge in [0, 0.05) is 15.4 Å². The third-order valence-electron chi connectivity index (χ3n) is 4.86. The van der Waals surface area contributed by atoms with E-state index in [9.17, 15) is 4.79 Å². The molecule has 1 fully saturated rings. The molecule has 3 aromatic rings. The second-order valence-corrected chi connectivity index (χ2v) is 7.29. The zero-order chi connectivity index (χ0) is 19.0. The van der Waals surface area contributed by atoms with E-state index in [0.717, 1.165) is 21.0 Å². The van der Waals surface area contributed by atoms with E-state index in [1.807, 2.05) is 35.0 Å². The number of rotatable bonds is 3. The van der Waals surface area contributed by atoms with Crippen LogP contribution in [-0.4, -0.2) is 36.1 Å². The zero-order valence-corrected chi connectivity index (χ0v) is 16.5. The highest BCUT2D eigenvalue weighted by atomic mass is 79.9. The van der Waals surface area contributed by atoms with Crippen LogP contribution in [0.3, 0.4) is 0 Å². The smallest absolute Gasteiger partial charge is 0.340 e. The average molecular weight is 425 g/mol. The van der Waals surface area contributed by atoms with Crippen molar-refractivity contribution in [2.24, 2.45) is 0 Å². The molecule has 0 aliphatic carbocycles. The van der Waals surface area contributed by atoms with Crippen molar-refractivity contribution in [2.45, 2.75) is 12.5 Å². The molecule has 4 rings (SSSR count). The summed E-state index contributed by atoms with van der Waals surface area (Å²) in [5.41, 5.74) is 2.62. The number of hydrogen-bond donors (Lipinski definition) is 0. The number of benzene rings is 2. The van der Waals surface area contributed by atoms with Gasteiger partial charge in [0.15, 0.2) is 0 Å². The van der Waals surface area contributed by atoms with E-state index in [1.54, 1.807) is 19.2 Å². The van der Waals surface area contributed by atoms with Gasteiger partial charge in [0.05, 0.1) is 37.6 Å². The summed E-state index contributed by atoms with van der Waals surface area (Å²) in [6, 6.07) is 11.7. The number of carbonyl (C=O) groups excluding carboxylic acids is 1. The van der Waals surface area contributed by atoms with Gasteiger partial charge in [-0.3, -0.25) is 0 Å². The maximum absolute atomic E-state index is 12.4. The molecule has 6 heteroatoms. The number of methoxy groups -OCH3 is 1. The molecule has 136 valence electrons. The second-order valence-electron chi connectivity index (χ2n) is 6.38. The first kappa shape index (κ1) is 17.8. The molecule has 0 amide bonds. The molecule has 1 saturated heterocycles. The predicted octanol–water partition coefficient (Wildman–Crippen LogP) is 3.73. The Labute approximate surface area is 165 Å². The van der Waals surface area contributed by atoms with E-state index in [0.29, 0.717) is 24.3 Å². The number of nitrogens with zero attached hydrogens (tertiary/aromatic N) is 2. The standard InChI is InChI=1S/C21H17BrN2O3/c1-3-4-14-5-10-17(20(25)26-2)19-18(14)11-23-24(19)21(12-27-13-21)15-6-8-16(22)9-7-15/h5-11H,12-13H2,1-2H3. The molecule has 1 aliphatic rings. The van der Waals surface area contributed by atoms with Crippen molar-refractivity contribution >= 4 is 32.8 Å². The molecule has 0 atom stereocenters. The normalized spacial score (nSPS) is 14.9. The number of halogens is 1. The van der Waals surface area contributed by atoms with Gasteiger partial charge in [-0.1, -0.05) is 34.0 Å². The molecule has 2 aromatic carbocycles. The van der Waals surface area contributed by atoms with E-state index in [-0.39, 0.29) is 0 Å². The minimum absolute atomic E-state index is 0.399. The van der Waals surface area contributed by atoms with Crippen LogP contribution in [0.4, 0.5) is 0 Å². The largest absolute Gasteiger partial charge is 0.465 e. The number of aromatic nitrogens is 2. The van der Waals surface area contributed by atoms with E-state index < -0.39 is 11.5 Å². The van der Waals surface area contributed by atoms with Gasteiger partial charge in [-0.15, -0.1) is 5.92 Å². The van der Waals surface area contributed by atoms with Crippen molar-refractivity contribution in [2.75, 3.05) is 20.3 Å². The molecular weight excluding hydrogens is 408 g/mol. The maximum atomic E-state index is 12.4. The first-order valence-electron chi connectivity index (χ1n) is 8.47. The van der Waals surface area contributed by atoms with Crippen molar-refractivity contribution in [3.63, 3.8) is 0 Å². The Hall–Kier alpha value is -2.62. The van der Waals surface area contributed by atoms with Gasteiger partial charge in [-0.25, -0.2) is 9.48 Å². The Balaban J connectivity index is 2.00. The summed E-state index contributed by atoms with van der Waals surface area (Å²) in [6.07, 6.45) is 1.76. The summed E-state index contributed by atoms with van der Waals surface area (Å²) in [7, 11) is 1.38. The number of ether oxygens (including phenoxy) is 2. The van der Waals surface area contributed by atoms with E-state index in [1.165, 1.54) is 7.11 Å². The summed E-state index contributed by atoms with van der Waals surface area (Å²) in [5.74, 6) is 5.61. The number of esters is 1. The zero-order valence-electron chi connectivity index (χ0n) is 15.0. The Morgan fingerprint density at radius 3 is 2.59 bits per heavy atom. The summed E-state index contributed by atoms with van der Waals surface area (Å²) in [4.78, 5) is 12.4. The molecule has 2 heterocycles. The monoisotopic (exact) mass is 424 g/mol. The lowest BCUT2D eigenvalue weighted by Crippen LogP contribution is -2.53. The quantitative estimate of drug-likeness (QED) is 0.474. The van der Waals surface area contributed by atoms with Crippen LogP contribution in [0.25, 0.3) is 10.9 Å². The van der Waals surface area contributed by atoms with Gasteiger partial charge in [-0.2, -0.15) is 5.10 Å². The van der Waals surface area contributed by atoms with Gasteiger partial charge in [0.25, 0.3) is 0 Å². The van der Waals surface area contributed by atoms with Crippen molar-refractivity contribution in [1.29, 1.82) is 0 Å².